The fourth-order valence-corrected chi connectivity index (χ4v) is 0.581. The second kappa shape index (κ2) is 5.79. The SMILES string of the molecule is CC#CCOC(=O)CC(C)C. The molecule has 62 valence electrons. The van der Waals surface area contributed by atoms with E-state index in [0.717, 1.165) is 0 Å². The van der Waals surface area contributed by atoms with Crippen LogP contribution < -0.4 is 0 Å². The van der Waals surface area contributed by atoms with Crippen LogP contribution in [0.5, 0.6) is 0 Å². The van der Waals surface area contributed by atoms with E-state index in [-0.39, 0.29) is 12.6 Å². The molecule has 2 nitrogen and oxygen atoms in total. The second-order valence-corrected chi connectivity index (χ2v) is 2.69. The molecule has 0 aromatic heterocycles. The van der Waals surface area contributed by atoms with Gasteiger partial charge in [-0.25, -0.2) is 0 Å². The van der Waals surface area contributed by atoms with Gasteiger partial charge in [0.15, 0.2) is 6.61 Å². The van der Waals surface area contributed by atoms with Gasteiger partial charge < -0.3 is 4.74 Å². The molecule has 0 fully saturated rings. The summed E-state index contributed by atoms with van der Waals surface area (Å²) in [7, 11) is 0. The Kier molecular flexibility index (Phi) is 5.28. The molecule has 0 radical (unpaired) electrons. The lowest BCUT2D eigenvalue weighted by Gasteiger charge is -2.02. The van der Waals surface area contributed by atoms with Gasteiger partial charge in [-0.3, -0.25) is 4.79 Å². The first-order valence-corrected chi connectivity index (χ1v) is 3.72. The molecule has 0 unspecified atom stereocenters. The number of ether oxygens (including phenoxy) is 1. The summed E-state index contributed by atoms with van der Waals surface area (Å²) in [4.78, 5) is 10.8. The normalized spacial score (nSPS) is 8.73. The van der Waals surface area contributed by atoms with Gasteiger partial charge in [-0.2, -0.15) is 0 Å². The summed E-state index contributed by atoms with van der Waals surface area (Å²) in [6, 6.07) is 0. The molecule has 0 aliphatic rings. The van der Waals surface area contributed by atoms with Gasteiger partial charge in [0.25, 0.3) is 0 Å². The van der Waals surface area contributed by atoms with E-state index in [0.29, 0.717) is 12.3 Å². The molecule has 0 N–H and O–H groups in total. The maximum Gasteiger partial charge on any atom is 0.307 e. The van der Waals surface area contributed by atoms with Crippen molar-refractivity contribution in [1.29, 1.82) is 0 Å². The van der Waals surface area contributed by atoms with Crippen molar-refractivity contribution in [3.05, 3.63) is 0 Å². The van der Waals surface area contributed by atoms with Crippen LogP contribution in [-0.4, -0.2) is 12.6 Å². The third-order valence-corrected chi connectivity index (χ3v) is 1.06. The Morgan fingerprint density at radius 3 is 2.64 bits per heavy atom. The van der Waals surface area contributed by atoms with Crippen LogP contribution in [0.3, 0.4) is 0 Å². The molecular formula is C9H14O2. The van der Waals surface area contributed by atoms with Crippen LogP contribution in [-0.2, 0) is 9.53 Å². The standard InChI is InChI=1S/C9H14O2/c1-4-5-6-11-9(10)7-8(2)3/h8H,6-7H2,1-3H3. The average molecular weight is 154 g/mol. The Labute approximate surface area is 67.9 Å². The van der Waals surface area contributed by atoms with Gasteiger partial charge in [0, 0.05) is 6.42 Å². The maximum atomic E-state index is 10.8. The van der Waals surface area contributed by atoms with Gasteiger partial charge in [0.1, 0.15) is 0 Å². The van der Waals surface area contributed by atoms with Crippen molar-refractivity contribution < 1.29 is 9.53 Å². The molecule has 0 aliphatic heterocycles. The van der Waals surface area contributed by atoms with Crippen molar-refractivity contribution >= 4 is 5.97 Å². The molecule has 0 aromatic carbocycles. The first-order chi connectivity index (χ1) is 5.16. The van der Waals surface area contributed by atoms with Crippen molar-refractivity contribution in [2.24, 2.45) is 5.92 Å². The average Bonchev–Trinajstić information content (AvgIpc) is 1.86. The van der Waals surface area contributed by atoms with E-state index in [1.165, 1.54) is 0 Å². The fourth-order valence-electron chi connectivity index (χ4n) is 0.581. The van der Waals surface area contributed by atoms with E-state index in [1.807, 2.05) is 13.8 Å². The molecule has 0 heterocycles. The number of hydrogen-bond donors (Lipinski definition) is 0. The summed E-state index contributed by atoms with van der Waals surface area (Å²) in [5.41, 5.74) is 0. The van der Waals surface area contributed by atoms with Gasteiger partial charge in [-0.1, -0.05) is 19.8 Å². The van der Waals surface area contributed by atoms with E-state index in [9.17, 15) is 4.79 Å². The first-order valence-electron chi connectivity index (χ1n) is 3.72. The lowest BCUT2D eigenvalue weighted by atomic mass is 10.1. The number of carbonyl (C=O) groups excluding carboxylic acids is 1. The fraction of sp³-hybridized carbons (Fsp3) is 0.667. The van der Waals surface area contributed by atoms with Gasteiger partial charge in [0.05, 0.1) is 0 Å². The summed E-state index contributed by atoms with van der Waals surface area (Å²) < 4.78 is 4.78. The van der Waals surface area contributed by atoms with Gasteiger partial charge in [-0.15, -0.1) is 5.92 Å². The largest absolute Gasteiger partial charge is 0.452 e. The van der Waals surface area contributed by atoms with Gasteiger partial charge in [0.2, 0.25) is 0 Å². The molecule has 0 spiro atoms. The van der Waals surface area contributed by atoms with E-state index < -0.39 is 0 Å². The molecule has 0 bridgehead atoms. The van der Waals surface area contributed by atoms with Crippen molar-refractivity contribution in [2.45, 2.75) is 27.2 Å². The lowest BCUT2D eigenvalue weighted by molar-refractivity contribution is -0.143. The summed E-state index contributed by atoms with van der Waals surface area (Å²) in [5, 5.41) is 0. The van der Waals surface area contributed by atoms with Crippen LogP contribution in [0.2, 0.25) is 0 Å². The van der Waals surface area contributed by atoms with E-state index >= 15 is 0 Å². The summed E-state index contributed by atoms with van der Waals surface area (Å²) in [5.74, 6) is 5.50. The summed E-state index contributed by atoms with van der Waals surface area (Å²) in [6.45, 7) is 5.90. The van der Waals surface area contributed by atoms with E-state index in [4.69, 9.17) is 4.74 Å². The van der Waals surface area contributed by atoms with Gasteiger partial charge >= 0.3 is 5.97 Å². The van der Waals surface area contributed by atoms with Crippen molar-refractivity contribution in [1.82, 2.24) is 0 Å². The molecule has 0 saturated heterocycles. The van der Waals surface area contributed by atoms with Crippen molar-refractivity contribution in [3.63, 3.8) is 0 Å². The molecule has 0 aliphatic carbocycles. The quantitative estimate of drug-likeness (QED) is 0.456. The van der Waals surface area contributed by atoms with Crippen LogP contribution in [0.4, 0.5) is 0 Å². The van der Waals surface area contributed by atoms with Crippen LogP contribution in [0.25, 0.3) is 0 Å². The monoisotopic (exact) mass is 154 g/mol. The van der Waals surface area contributed by atoms with Crippen LogP contribution in [0.15, 0.2) is 0 Å². The van der Waals surface area contributed by atoms with E-state index in [2.05, 4.69) is 11.8 Å². The number of esters is 1. The Balaban J connectivity index is 3.43. The molecule has 0 saturated carbocycles. The zero-order valence-corrected chi connectivity index (χ0v) is 7.31. The Bertz CT molecular complexity index is 172. The molecule has 0 aromatic rings. The third-order valence-electron chi connectivity index (χ3n) is 1.06. The summed E-state index contributed by atoms with van der Waals surface area (Å²) in [6.07, 6.45) is 0.478. The van der Waals surface area contributed by atoms with Crippen LogP contribution >= 0.6 is 0 Å². The minimum absolute atomic E-state index is 0.164. The Morgan fingerprint density at radius 2 is 2.18 bits per heavy atom. The number of rotatable bonds is 3. The van der Waals surface area contributed by atoms with Crippen molar-refractivity contribution in [2.75, 3.05) is 6.61 Å². The van der Waals surface area contributed by atoms with Crippen molar-refractivity contribution in [3.8, 4) is 11.8 Å². The third kappa shape index (κ3) is 6.92. The Hall–Kier alpha value is -0.970. The molecule has 0 atom stereocenters. The molecule has 0 rings (SSSR count). The van der Waals surface area contributed by atoms with Crippen LogP contribution in [0, 0.1) is 17.8 Å². The highest BCUT2D eigenvalue weighted by molar-refractivity contribution is 5.69. The Morgan fingerprint density at radius 1 is 1.55 bits per heavy atom. The number of hydrogen-bond acceptors (Lipinski definition) is 2. The second-order valence-electron chi connectivity index (χ2n) is 2.69. The van der Waals surface area contributed by atoms with Gasteiger partial charge in [-0.05, 0) is 12.8 Å². The molecule has 2 heteroatoms. The number of carbonyl (C=O) groups is 1. The predicted molar refractivity (Wildman–Crippen MR) is 43.9 cm³/mol. The molecular weight excluding hydrogens is 140 g/mol. The molecule has 0 amide bonds. The lowest BCUT2D eigenvalue weighted by Crippen LogP contribution is -2.07. The zero-order chi connectivity index (χ0) is 8.69. The summed E-state index contributed by atoms with van der Waals surface area (Å²) >= 11 is 0. The smallest absolute Gasteiger partial charge is 0.307 e. The molecule has 11 heavy (non-hydrogen) atoms. The maximum absolute atomic E-state index is 10.8. The zero-order valence-electron chi connectivity index (χ0n) is 7.31. The highest BCUT2D eigenvalue weighted by atomic mass is 16.5. The predicted octanol–water partition coefficient (Wildman–Crippen LogP) is 1.60. The minimum atomic E-state index is -0.164. The van der Waals surface area contributed by atoms with E-state index in [1.54, 1.807) is 6.92 Å². The topological polar surface area (TPSA) is 26.3 Å². The highest BCUT2D eigenvalue weighted by Gasteiger charge is 2.03. The minimum Gasteiger partial charge on any atom is -0.452 e. The van der Waals surface area contributed by atoms with Crippen LogP contribution in [0.1, 0.15) is 27.2 Å². The highest BCUT2D eigenvalue weighted by Crippen LogP contribution is 2.00. The first kappa shape index (κ1) is 10.0.